The number of carbonyl (C=O) groups is 2. The number of amides is 1. The minimum Gasteiger partial charge on any atom is -0.449 e. The van der Waals surface area contributed by atoms with E-state index in [2.05, 4.69) is 5.32 Å². The second-order valence-corrected chi connectivity index (χ2v) is 5.34. The Morgan fingerprint density at radius 2 is 1.88 bits per heavy atom. The van der Waals surface area contributed by atoms with Gasteiger partial charge in [-0.15, -0.1) is 0 Å². The number of hydrogen-bond acceptors (Lipinski definition) is 5. The standard InChI is InChI=1S/C16H12ClFN2O5/c1-9(25-16(22)14-12(17)3-2-4-13(14)18)15(21)19-10-5-7-11(8-6-10)20(23)24/h2-9H,1H3,(H,19,21). The zero-order valence-corrected chi connectivity index (χ0v) is 13.6. The number of nitro groups is 1. The second-order valence-electron chi connectivity index (χ2n) is 4.94. The third kappa shape index (κ3) is 4.51. The van der Waals surface area contributed by atoms with E-state index < -0.39 is 34.3 Å². The van der Waals surface area contributed by atoms with E-state index in [1.165, 1.54) is 43.3 Å². The highest BCUT2D eigenvalue weighted by atomic mass is 35.5. The predicted molar refractivity (Wildman–Crippen MR) is 88.0 cm³/mol. The molecule has 1 atom stereocenters. The molecule has 1 unspecified atom stereocenters. The SMILES string of the molecule is CC(OC(=O)c1c(F)cccc1Cl)C(=O)Nc1ccc([N+](=O)[O-])cc1. The molecule has 2 aromatic carbocycles. The lowest BCUT2D eigenvalue weighted by atomic mass is 10.2. The predicted octanol–water partition coefficient (Wildman–Crippen LogP) is 3.57. The van der Waals surface area contributed by atoms with Crippen molar-refractivity contribution in [3.63, 3.8) is 0 Å². The summed E-state index contributed by atoms with van der Waals surface area (Å²) in [5, 5.41) is 12.9. The van der Waals surface area contributed by atoms with Crippen LogP contribution < -0.4 is 5.32 Å². The average molecular weight is 367 g/mol. The lowest BCUT2D eigenvalue weighted by Gasteiger charge is -2.14. The maximum absolute atomic E-state index is 13.7. The van der Waals surface area contributed by atoms with Crippen molar-refractivity contribution in [3.8, 4) is 0 Å². The fourth-order valence-electron chi connectivity index (χ4n) is 1.88. The fraction of sp³-hybridized carbons (Fsp3) is 0.125. The summed E-state index contributed by atoms with van der Waals surface area (Å²) < 4.78 is 18.6. The highest BCUT2D eigenvalue weighted by molar-refractivity contribution is 6.33. The molecule has 0 aliphatic rings. The van der Waals surface area contributed by atoms with Gasteiger partial charge in [0, 0.05) is 17.8 Å². The Balaban J connectivity index is 2.02. The molecular formula is C16H12ClFN2O5. The van der Waals surface area contributed by atoms with Gasteiger partial charge in [0.2, 0.25) is 0 Å². The monoisotopic (exact) mass is 366 g/mol. The number of non-ortho nitro benzene ring substituents is 1. The van der Waals surface area contributed by atoms with Gasteiger partial charge in [-0.05, 0) is 31.2 Å². The number of ether oxygens (including phenoxy) is 1. The molecular weight excluding hydrogens is 355 g/mol. The molecule has 25 heavy (non-hydrogen) atoms. The Hall–Kier alpha value is -3.00. The largest absolute Gasteiger partial charge is 0.449 e. The van der Waals surface area contributed by atoms with E-state index in [-0.39, 0.29) is 16.4 Å². The second kappa shape index (κ2) is 7.71. The maximum Gasteiger partial charge on any atom is 0.343 e. The van der Waals surface area contributed by atoms with E-state index in [4.69, 9.17) is 16.3 Å². The first-order chi connectivity index (χ1) is 11.8. The molecule has 0 bridgehead atoms. The number of benzene rings is 2. The molecule has 1 amide bonds. The molecule has 2 aromatic rings. The summed E-state index contributed by atoms with van der Waals surface area (Å²) >= 11 is 5.76. The molecule has 0 saturated heterocycles. The van der Waals surface area contributed by atoms with Crippen molar-refractivity contribution < 1.29 is 23.6 Å². The summed E-state index contributed by atoms with van der Waals surface area (Å²) in [4.78, 5) is 34.0. The number of anilines is 1. The molecule has 0 saturated carbocycles. The van der Waals surface area contributed by atoms with Gasteiger partial charge in [0.15, 0.2) is 6.10 Å². The molecule has 1 N–H and O–H groups in total. The zero-order chi connectivity index (χ0) is 18.6. The van der Waals surface area contributed by atoms with Crippen molar-refractivity contribution in [2.75, 3.05) is 5.32 Å². The summed E-state index contributed by atoms with van der Waals surface area (Å²) in [6, 6.07) is 8.79. The number of nitro benzene ring substituents is 1. The highest BCUT2D eigenvalue weighted by Gasteiger charge is 2.23. The number of nitrogens with zero attached hydrogens (tertiary/aromatic N) is 1. The first-order valence-electron chi connectivity index (χ1n) is 7.00. The number of carbonyl (C=O) groups excluding carboxylic acids is 2. The van der Waals surface area contributed by atoms with Crippen molar-refractivity contribution in [1.82, 2.24) is 0 Å². The molecule has 0 radical (unpaired) electrons. The van der Waals surface area contributed by atoms with E-state index in [9.17, 15) is 24.1 Å². The van der Waals surface area contributed by atoms with Gasteiger partial charge >= 0.3 is 5.97 Å². The molecule has 0 aliphatic carbocycles. The molecule has 0 aliphatic heterocycles. The van der Waals surface area contributed by atoms with Crippen LogP contribution in [-0.4, -0.2) is 22.9 Å². The van der Waals surface area contributed by atoms with Gasteiger partial charge < -0.3 is 10.1 Å². The van der Waals surface area contributed by atoms with Gasteiger partial charge in [-0.25, -0.2) is 9.18 Å². The molecule has 9 heteroatoms. The Morgan fingerprint density at radius 1 is 1.24 bits per heavy atom. The summed E-state index contributed by atoms with van der Waals surface area (Å²) in [5.41, 5.74) is -0.312. The smallest absolute Gasteiger partial charge is 0.343 e. The summed E-state index contributed by atoms with van der Waals surface area (Å²) in [6.07, 6.45) is -1.24. The van der Waals surface area contributed by atoms with Gasteiger partial charge in [0.05, 0.1) is 9.95 Å². The first kappa shape index (κ1) is 18.3. The lowest BCUT2D eigenvalue weighted by molar-refractivity contribution is -0.384. The third-order valence-corrected chi connectivity index (χ3v) is 3.48. The Labute approximate surface area is 146 Å². The van der Waals surface area contributed by atoms with E-state index in [0.717, 1.165) is 6.07 Å². The minimum atomic E-state index is -1.24. The first-order valence-corrected chi connectivity index (χ1v) is 7.37. The summed E-state index contributed by atoms with van der Waals surface area (Å²) in [6.45, 7) is 1.30. The van der Waals surface area contributed by atoms with Crippen LogP contribution >= 0.6 is 11.6 Å². The van der Waals surface area contributed by atoms with Gasteiger partial charge in [-0.2, -0.15) is 0 Å². The van der Waals surface area contributed by atoms with Crippen LogP contribution in [-0.2, 0) is 9.53 Å². The topological polar surface area (TPSA) is 98.5 Å². The molecule has 130 valence electrons. The molecule has 2 rings (SSSR count). The highest BCUT2D eigenvalue weighted by Crippen LogP contribution is 2.21. The molecule has 0 heterocycles. The van der Waals surface area contributed by atoms with Gasteiger partial charge in [0.25, 0.3) is 11.6 Å². The van der Waals surface area contributed by atoms with Crippen molar-refractivity contribution in [1.29, 1.82) is 0 Å². The van der Waals surface area contributed by atoms with Crippen molar-refractivity contribution in [2.45, 2.75) is 13.0 Å². The maximum atomic E-state index is 13.7. The number of nitrogens with one attached hydrogen (secondary N) is 1. The minimum absolute atomic E-state index is 0.132. The van der Waals surface area contributed by atoms with E-state index in [1.807, 2.05) is 0 Å². The van der Waals surface area contributed by atoms with Crippen LogP contribution in [0.3, 0.4) is 0 Å². The number of hydrogen-bond donors (Lipinski definition) is 1. The van der Waals surface area contributed by atoms with E-state index in [1.54, 1.807) is 0 Å². The molecule has 0 fully saturated rings. The van der Waals surface area contributed by atoms with Crippen LogP contribution in [0.25, 0.3) is 0 Å². The summed E-state index contributed by atoms with van der Waals surface area (Å²) in [5.74, 6) is -2.62. The van der Waals surface area contributed by atoms with Gasteiger partial charge in [-0.1, -0.05) is 17.7 Å². The molecule has 0 aromatic heterocycles. The fourth-order valence-corrected chi connectivity index (χ4v) is 2.12. The van der Waals surface area contributed by atoms with Crippen LogP contribution in [0.15, 0.2) is 42.5 Å². The van der Waals surface area contributed by atoms with E-state index in [0.29, 0.717) is 0 Å². The third-order valence-electron chi connectivity index (χ3n) is 3.17. The van der Waals surface area contributed by atoms with Crippen molar-refractivity contribution in [3.05, 3.63) is 69.0 Å². The number of rotatable bonds is 5. The average Bonchev–Trinajstić information content (AvgIpc) is 2.55. The van der Waals surface area contributed by atoms with Crippen LogP contribution in [0.4, 0.5) is 15.8 Å². The zero-order valence-electron chi connectivity index (χ0n) is 12.9. The lowest BCUT2D eigenvalue weighted by Crippen LogP contribution is -2.30. The van der Waals surface area contributed by atoms with Crippen LogP contribution in [0, 0.1) is 15.9 Å². The Morgan fingerprint density at radius 3 is 2.44 bits per heavy atom. The van der Waals surface area contributed by atoms with Crippen molar-refractivity contribution >= 4 is 34.9 Å². The van der Waals surface area contributed by atoms with E-state index >= 15 is 0 Å². The Bertz CT molecular complexity index is 806. The van der Waals surface area contributed by atoms with Gasteiger partial charge in [-0.3, -0.25) is 14.9 Å². The summed E-state index contributed by atoms with van der Waals surface area (Å²) in [7, 11) is 0. The molecule has 7 nitrogen and oxygen atoms in total. The Kier molecular flexibility index (Phi) is 5.66. The molecule has 0 spiro atoms. The van der Waals surface area contributed by atoms with Crippen LogP contribution in [0.2, 0.25) is 5.02 Å². The van der Waals surface area contributed by atoms with Crippen LogP contribution in [0.1, 0.15) is 17.3 Å². The van der Waals surface area contributed by atoms with Gasteiger partial charge in [0.1, 0.15) is 11.4 Å². The van der Waals surface area contributed by atoms with Crippen LogP contribution in [0.5, 0.6) is 0 Å². The quantitative estimate of drug-likeness (QED) is 0.495. The van der Waals surface area contributed by atoms with Crippen molar-refractivity contribution in [2.24, 2.45) is 0 Å². The number of esters is 1. The normalized spacial score (nSPS) is 11.5. The number of halogens is 2.